The molecule has 0 bridgehead atoms. The summed E-state index contributed by atoms with van der Waals surface area (Å²) in [5.74, 6) is -1.59. The zero-order valence-corrected chi connectivity index (χ0v) is 25.0. The molecule has 0 fully saturated rings. The van der Waals surface area contributed by atoms with Crippen LogP contribution in [0.2, 0.25) is 0 Å². The first-order chi connectivity index (χ1) is 18.2. The number of carbonyl (C=O) groups excluding carboxylic acids is 6. The van der Waals surface area contributed by atoms with Crippen molar-refractivity contribution in [2.24, 2.45) is 5.92 Å². The average Bonchev–Trinajstić information content (AvgIpc) is 2.86. The highest BCUT2D eigenvalue weighted by molar-refractivity contribution is 5.91. The van der Waals surface area contributed by atoms with Gasteiger partial charge in [-0.3, -0.25) is 28.8 Å². The molecule has 13 heteroatoms. The van der Waals surface area contributed by atoms with E-state index >= 15 is 0 Å². The minimum absolute atomic E-state index is 0.111. The standard InChI is InChI=1S/C26H49N7O6/c1-20(2)11-9-10-13-28-21(34)15-29(4)23(36)17-31(6)25(38)19-33(8)26(39)18-32(7)24(37)16-30(5)22(35)12-14-27-3/h20,27H,9-19H2,1-8H3,(H,28,34). The Morgan fingerprint density at radius 1 is 0.564 bits per heavy atom. The van der Waals surface area contributed by atoms with E-state index in [2.05, 4.69) is 24.5 Å². The molecule has 0 spiro atoms. The lowest BCUT2D eigenvalue weighted by Gasteiger charge is -2.26. The quantitative estimate of drug-likeness (QED) is 0.203. The maximum absolute atomic E-state index is 12.6. The van der Waals surface area contributed by atoms with Crippen molar-refractivity contribution in [3.8, 4) is 0 Å². The van der Waals surface area contributed by atoms with Crippen molar-refractivity contribution in [2.75, 3.05) is 88.1 Å². The Morgan fingerprint density at radius 2 is 0.949 bits per heavy atom. The zero-order valence-electron chi connectivity index (χ0n) is 25.0. The van der Waals surface area contributed by atoms with Gasteiger partial charge in [-0.25, -0.2) is 0 Å². The van der Waals surface area contributed by atoms with Crippen molar-refractivity contribution >= 4 is 35.4 Å². The Kier molecular flexibility index (Phi) is 17.4. The van der Waals surface area contributed by atoms with E-state index in [4.69, 9.17) is 0 Å². The summed E-state index contributed by atoms with van der Waals surface area (Å²) in [5, 5.41) is 5.66. The highest BCUT2D eigenvalue weighted by Crippen LogP contribution is 2.05. The number of nitrogens with zero attached hydrogens (tertiary/aromatic N) is 5. The number of nitrogens with one attached hydrogen (secondary N) is 2. The first kappa shape index (κ1) is 35.8. The second-order valence-corrected chi connectivity index (χ2v) is 10.3. The van der Waals surface area contributed by atoms with Crippen LogP contribution in [0.15, 0.2) is 0 Å². The summed E-state index contributed by atoms with van der Waals surface area (Å²) in [6, 6.07) is 0. The van der Waals surface area contributed by atoms with E-state index in [1.54, 1.807) is 7.05 Å². The molecule has 0 atom stereocenters. The van der Waals surface area contributed by atoms with Crippen LogP contribution in [0.5, 0.6) is 0 Å². The summed E-state index contributed by atoms with van der Waals surface area (Å²) in [4.78, 5) is 80.2. The monoisotopic (exact) mass is 555 g/mol. The molecular weight excluding hydrogens is 506 g/mol. The van der Waals surface area contributed by atoms with Crippen LogP contribution < -0.4 is 10.6 Å². The van der Waals surface area contributed by atoms with Gasteiger partial charge in [-0.1, -0.05) is 26.7 Å². The number of carbonyl (C=O) groups is 6. The van der Waals surface area contributed by atoms with Gasteiger partial charge in [-0.2, -0.15) is 0 Å². The molecule has 0 aromatic rings. The lowest BCUT2D eigenvalue weighted by molar-refractivity contribution is -0.145. The molecule has 0 aliphatic carbocycles. The largest absolute Gasteiger partial charge is 0.355 e. The van der Waals surface area contributed by atoms with Crippen molar-refractivity contribution in [1.29, 1.82) is 0 Å². The second-order valence-electron chi connectivity index (χ2n) is 10.3. The van der Waals surface area contributed by atoms with Crippen LogP contribution >= 0.6 is 0 Å². The van der Waals surface area contributed by atoms with Gasteiger partial charge in [0.2, 0.25) is 35.4 Å². The maximum atomic E-state index is 12.6. The number of rotatable bonds is 18. The first-order valence-corrected chi connectivity index (χ1v) is 13.3. The predicted molar refractivity (Wildman–Crippen MR) is 148 cm³/mol. The molecule has 224 valence electrons. The van der Waals surface area contributed by atoms with Gasteiger partial charge in [-0.05, 0) is 19.4 Å². The predicted octanol–water partition coefficient (Wildman–Crippen LogP) is -1.17. The molecule has 0 unspecified atom stereocenters. The van der Waals surface area contributed by atoms with Gasteiger partial charge in [0.25, 0.3) is 0 Å². The van der Waals surface area contributed by atoms with Gasteiger partial charge in [0, 0.05) is 54.7 Å². The fourth-order valence-corrected chi connectivity index (χ4v) is 3.33. The third kappa shape index (κ3) is 15.7. The van der Waals surface area contributed by atoms with Crippen LogP contribution in [-0.4, -0.2) is 148 Å². The van der Waals surface area contributed by atoms with Gasteiger partial charge in [0.05, 0.1) is 32.7 Å². The fourth-order valence-electron chi connectivity index (χ4n) is 3.33. The zero-order chi connectivity index (χ0) is 30.1. The number of hydrogen-bond donors (Lipinski definition) is 2. The molecule has 0 saturated carbocycles. The van der Waals surface area contributed by atoms with Crippen LogP contribution in [0, 0.1) is 5.92 Å². The van der Waals surface area contributed by atoms with Crippen LogP contribution in [0.3, 0.4) is 0 Å². The van der Waals surface area contributed by atoms with Crippen molar-refractivity contribution in [1.82, 2.24) is 35.1 Å². The Labute approximate surface area is 233 Å². The molecule has 13 nitrogen and oxygen atoms in total. The van der Waals surface area contributed by atoms with Gasteiger partial charge >= 0.3 is 0 Å². The summed E-state index contributed by atoms with van der Waals surface area (Å²) < 4.78 is 0. The molecule has 0 aromatic heterocycles. The molecule has 6 amide bonds. The molecule has 2 N–H and O–H groups in total. The summed E-state index contributed by atoms with van der Waals surface area (Å²) in [6.45, 7) is 4.28. The summed E-state index contributed by atoms with van der Waals surface area (Å²) in [6.07, 6.45) is 3.26. The average molecular weight is 556 g/mol. The van der Waals surface area contributed by atoms with Crippen molar-refractivity contribution in [3.63, 3.8) is 0 Å². The second kappa shape index (κ2) is 18.9. The van der Waals surface area contributed by atoms with E-state index in [1.165, 1.54) is 59.7 Å². The van der Waals surface area contributed by atoms with E-state index in [1.807, 2.05) is 0 Å². The number of likely N-dealkylation sites (N-methyl/N-ethyl adjacent to an activating group) is 5. The topological polar surface area (TPSA) is 143 Å². The number of hydrogen-bond acceptors (Lipinski definition) is 7. The fraction of sp³-hybridized carbons (Fsp3) is 0.769. The highest BCUT2D eigenvalue weighted by atomic mass is 16.2. The van der Waals surface area contributed by atoms with Crippen LogP contribution in [0.4, 0.5) is 0 Å². The lowest BCUT2D eigenvalue weighted by Crippen LogP contribution is -2.48. The molecule has 0 aliphatic heterocycles. The van der Waals surface area contributed by atoms with Crippen molar-refractivity contribution in [3.05, 3.63) is 0 Å². The van der Waals surface area contributed by atoms with Gasteiger partial charge in [0.15, 0.2) is 0 Å². The lowest BCUT2D eigenvalue weighted by atomic mass is 10.1. The summed E-state index contributed by atoms with van der Waals surface area (Å²) >= 11 is 0. The first-order valence-electron chi connectivity index (χ1n) is 13.3. The van der Waals surface area contributed by atoms with E-state index in [0.717, 1.165) is 19.3 Å². The summed E-state index contributed by atoms with van der Waals surface area (Å²) in [5.41, 5.74) is 0. The van der Waals surface area contributed by atoms with Crippen LogP contribution in [-0.2, 0) is 28.8 Å². The third-order valence-electron chi connectivity index (χ3n) is 6.12. The van der Waals surface area contributed by atoms with Gasteiger partial charge < -0.3 is 35.1 Å². The third-order valence-corrected chi connectivity index (χ3v) is 6.12. The van der Waals surface area contributed by atoms with Crippen LogP contribution in [0.1, 0.15) is 39.5 Å². The van der Waals surface area contributed by atoms with E-state index < -0.39 is 23.6 Å². The molecule has 0 heterocycles. The number of unbranched alkanes of at least 4 members (excludes halogenated alkanes) is 1. The summed E-state index contributed by atoms with van der Waals surface area (Å²) in [7, 11) is 9.06. The molecular formula is C26H49N7O6. The number of amides is 6. The SMILES string of the molecule is CNCCC(=O)N(C)CC(=O)N(C)CC(=O)N(C)CC(=O)N(C)CC(=O)N(C)CC(=O)NCCCCC(C)C. The maximum Gasteiger partial charge on any atom is 0.242 e. The highest BCUT2D eigenvalue weighted by Gasteiger charge is 2.23. The van der Waals surface area contributed by atoms with Crippen molar-refractivity contribution < 1.29 is 28.8 Å². The molecule has 0 aromatic carbocycles. The minimum Gasteiger partial charge on any atom is -0.355 e. The Hall–Kier alpha value is -3.22. The van der Waals surface area contributed by atoms with Crippen LogP contribution in [0.25, 0.3) is 0 Å². The Morgan fingerprint density at radius 3 is 1.33 bits per heavy atom. The van der Waals surface area contributed by atoms with Gasteiger partial charge in [-0.15, -0.1) is 0 Å². The smallest absolute Gasteiger partial charge is 0.242 e. The Bertz CT molecular complexity index is 836. The molecule has 0 aliphatic rings. The van der Waals surface area contributed by atoms with E-state index in [-0.39, 0.29) is 51.0 Å². The van der Waals surface area contributed by atoms with E-state index in [9.17, 15) is 28.8 Å². The Balaban J connectivity index is 4.52. The molecule has 39 heavy (non-hydrogen) atoms. The van der Waals surface area contributed by atoms with Crippen molar-refractivity contribution in [2.45, 2.75) is 39.5 Å². The molecule has 0 saturated heterocycles. The molecule has 0 rings (SSSR count). The minimum atomic E-state index is -0.467. The van der Waals surface area contributed by atoms with Gasteiger partial charge in [0.1, 0.15) is 0 Å². The molecule has 0 radical (unpaired) electrons. The van der Waals surface area contributed by atoms with E-state index in [0.29, 0.717) is 19.0 Å². The normalized spacial score (nSPS) is 10.6.